The number of amides is 1. The van der Waals surface area contributed by atoms with E-state index in [0.29, 0.717) is 5.69 Å². The molecule has 1 aliphatic heterocycles. The zero-order valence-electron chi connectivity index (χ0n) is 13.4. The largest absolute Gasteiger partial charge is 0.324 e. The number of benzene rings is 1. The summed E-state index contributed by atoms with van der Waals surface area (Å²) in [7, 11) is 0. The van der Waals surface area contributed by atoms with E-state index in [4.69, 9.17) is 5.14 Å². The molecule has 0 spiro atoms. The van der Waals surface area contributed by atoms with E-state index in [2.05, 4.69) is 10.1 Å². The maximum absolute atomic E-state index is 12.7. The number of carbonyl (C=O) groups is 1. The Bertz CT molecular complexity index is 876. The van der Waals surface area contributed by atoms with E-state index in [1.54, 1.807) is 10.9 Å². The van der Waals surface area contributed by atoms with E-state index in [1.807, 2.05) is 46.8 Å². The van der Waals surface area contributed by atoms with Crippen molar-refractivity contribution in [1.82, 2.24) is 19.7 Å². The van der Waals surface area contributed by atoms with Crippen LogP contribution in [-0.4, -0.2) is 37.5 Å². The van der Waals surface area contributed by atoms with Crippen LogP contribution in [0.4, 0.5) is 0 Å². The summed E-state index contributed by atoms with van der Waals surface area (Å²) in [5, 5.41) is 12.7. The first-order chi connectivity index (χ1) is 12.3. The van der Waals surface area contributed by atoms with Crippen molar-refractivity contribution in [2.24, 2.45) is 5.14 Å². The Balaban J connectivity index is 1.56. The quantitative estimate of drug-likeness (QED) is 0.713. The van der Waals surface area contributed by atoms with Crippen LogP contribution in [0.1, 0.15) is 23.3 Å². The van der Waals surface area contributed by atoms with E-state index < -0.39 is 0 Å². The molecular formula is C17H17N5OS2. The van der Waals surface area contributed by atoms with Crippen molar-refractivity contribution < 1.29 is 4.79 Å². The number of para-hydroxylation sites is 1. The van der Waals surface area contributed by atoms with Crippen molar-refractivity contribution in [3.8, 4) is 16.3 Å². The van der Waals surface area contributed by atoms with Gasteiger partial charge in [0.05, 0.1) is 17.3 Å². The molecule has 25 heavy (non-hydrogen) atoms. The third-order valence-electron chi connectivity index (χ3n) is 4.19. The number of hydrogen-bond donors (Lipinski definition) is 1. The summed E-state index contributed by atoms with van der Waals surface area (Å²) in [5.41, 5.74) is 2.37. The molecule has 0 bridgehead atoms. The second kappa shape index (κ2) is 6.99. The van der Waals surface area contributed by atoms with Gasteiger partial charge in [-0.3, -0.25) is 9.93 Å². The van der Waals surface area contributed by atoms with E-state index in [0.717, 1.165) is 35.6 Å². The van der Waals surface area contributed by atoms with Gasteiger partial charge >= 0.3 is 0 Å². The van der Waals surface area contributed by atoms with E-state index >= 15 is 0 Å². The molecule has 0 aliphatic carbocycles. The zero-order valence-corrected chi connectivity index (χ0v) is 15.0. The van der Waals surface area contributed by atoms with Gasteiger partial charge in [-0.1, -0.05) is 30.1 Å². The molecule has 1 atom stereocenters. The SMILES string of the molecule is NS[C@H]1CCCN1C(=O)c1csc(-c2cnn(-c3ccccc3)c2)n1. The Morgan fingerprint density at radius 1 is 1.32 bits per heavy atom. The number of aromatic nitrogens is 3. The van der Waals surface area contributed by atoms with Gasteiger partial charge in [-0.2, -0.15) is 5.10 Å². The minimum atomic E-state index is -0.0431. The summed E-state index contributed by atoms with van der Waals surface area (Å²) in [6, 6.07) is 9.90. The molecule has 8 heteroatoms. The minimum absolute atomic E-state index is 0.0431. The lowest BCUT2D eigenvalue weighted by molar-refractivity contribution is 0.0774. The normalized spacial score (nSPS) is 17.2. The second-order valence-corrected chi connectivity index (χ2v) is 7.45. The Hall–Kier alpha value is -2.16. The van der Waals surface area contributed by atoms with Gasteiger partial charge in [0.15, 0.2) is 0 Å². The number of nitrogens with two attached hydrogens (primary N) is 1. The molecule has 2 N–H and O–H groups in total. The van der Waals surface area contributed by atoms with Crippen molar-refractivity contribution in [1.29, 1.82) is 0 Å². The van der Waals surface area contributed by atoms with E-state index in [1.165, 1.54) is 23.3 Å². The summed E-state index contributed by atoms with van der Waals surface area (Å²) >= 11 is 2.69. The van der Waals surface area contributed by atoms with Gasteiger partial charge < -0.3 is 4.90 Å². The van der Waals surface area contributed by atoms with Crippen molar-refractivity contribution in [3.63, 3.8) is 0 Å². The highest BCUT2D eigenvalue weighted by Crippen LogP contribution is 2.28. The summed E-state index contributed by atoms with van der Waals surface area (Å²) in [6.07, 6.45) is 5.63. The molecule has 3 heterocycles. The number of carbonyl (C=O) groups excluding carboxylic acids is 1. The van der Waals surface area contributed by atoms with Gasteiger partial charge in [-0.15, -0.1) is 11.3 Å². The fourth-order valence-corrected chi connectivity index (χ4v) is 4.34. The maximum atomic E-state index is 12.7. The van der Waals surface area contributed by atoms with Crippen molar-refractivity contribution >= 4 is 29.2 Å². The van der Waals surface area contributed by atoms with Crippen LogP contribution in [0.25, 0.3) is 16.3 Å². The molecule has 0 radical (unpaired) electrons. The first-order valence-corrected chi connectivity index (χ1v) is 9.81. The maximum Gasteiger partial charge on any atom is 0.274 e. The summed E-state index contributed by atoms with van der Waals surface area (Å²) < 4.78 is 1.81. The predicted molar refractivity (Wildman–Crippen MR) is 101 cm³/mol. The lowest BCUT2D eigenvalue weighted by atomic mass is 10.3. The molecule has 4 rings (SSSR count). The molecule has 1 amide bonds. The minimum Gasteiger partial charge on any atom is -0.324 e. The molecular weight excluding hydrogens is 354 g/mol. The van der Waals surface area contributed by atoms with Gasteiger partial charge in [0.1, 0.15) is 10.7 Å². The number of rotatable bonds is 4. The highest BCUT2D eigenvalue weighted by molar-refractivity contribution is 7.97. The van der Waals surface area contributed by atoms with Crippen molar-refractivity contribution in [2.75, 3.05) is 6.54 Å². The van der Waals surface area contributed by atoms with Gasteiger partial charge in [-0.05, 0) is 25.0 Å². The van der Waals surface area contributed by atoms with E-state index in [9.17, 15) is 4.79 Å². The fourth-order valence-electron chi connectivity index (χ4n) is 2.92. The highest BCUT2D eigenvalue weighted by atomic mass is 32.2. The third-order valence-corrected chi connectivity index (χ3v) is 5.88. The Labute approximate surface area is 153 Å². The Kier molecular flexibility index (Phi) is 4.56. The molecule has 6 nitrogen and oxygen atoms in total. The Morgan fingerprint density at radius 3 is 2.96 bits per heavy atom. The van der Waals surface area contributed by atoms with Crippen molar-refractivity contribution in [2.45, 2.75) is 18.2 Å². The average Bonchev–Trinajstić information content (AvgIpc) is 3.41. The first-order valence-electron chi connectivity index (χ1n) is 7.99. The highest BCUT2D eigenvalue weighted by Gasteiger charge is 2.30. The molecule has 2 aromatic heterocycles. The lowest BCUT2D eigenvalue weighted by Gasteiger charge is -2.21. The smallest absolute Gasteiger partial charge is 0.274 e. The van der Waals surface area contributed by atoms with Crippen LogP contribution >= 0.6 is 23.3 Å². The molecule has 1 fully saturated rings. The molecule has 0 saturated carbocycles. The molecule has 1 aliphatic rings. The molecule has 128 valence electrons. The number of thiazole rings is 1. The average molecular weight is 371 g/mol. The Morgan fingerprint density at radius 2 is 2.16 bits per heavy atom. The van der Waals surface area contributed by atoms with Gasteiger partial charge in [0.25, 0.3) is 5.91 Å². The zero-order chi connectivity index (χ0) is 17.2. The van der Waals surface area contributed by atoms with Crippen LogP contribution in [0.15, 0.2) is 48.1 Å². The van der Waals surface area contributed by atoms with Gasteiger partial charge in [0, 0.05) is 23.7 Å². The first kappa shape index (κ1) is 16.3. The van der Waals surface area contributed by atoms with Crippen LogP contribution in [0.5, 0.6) is 0 Å². The standard InChI is InChI=1S/C17H17N5OS2/c18-25-15-7-4-8-21(15)17(23)14-11-24-16(20-14)12-9-19-22(10-12)13-5-2-1-3-6-13/h1-3,5-6,9-11,15H,4,7-8,18H2/t15-/m0/s1. The van der Waals surface area contributed by atoms with Crippen LogP contribution < -0.4 is 5.14 Å². The van der Waals surface area contributed by atoms with Gasteiger partial charge in [0.2, 0.25) is 0 Å². The van der Waals surface area contributed by atoms with Crippen LogP contribution in [0, 0.1) is 0 Å². The summed E-state index contributed by atoms with van der Waals surface area (Å²) in [4.78, 5) is 19.0. The number of hydrogen-bond acceptors (Lipinski definition) is 6. The third kappa shape index (κ3) is 3.20. The van der Waals surface area contributed by atoms with Crippen LogP contribution in [0.3, 0.4) is 0 Å². The fraction of sp³-hybridized carbons (Fsp3) is 0.235. The van der Waals surface area contributed by atoms with Crippen LogP contribution in [-0.2, 0) is 0 Å². The molecule has 1 aromatic carbocycles. The molecule has 0 unspecified atom stereocenters. The topological polar surface area (TPSA) is 77.0 Å². The predicted octanol–water partition coefficient (Wildman–Crippen LogP) is 3.16. The van der Waals surface area contributed by atoms with Crippen molar-refractivity contribution in [3.05, 3.63) is 53.8 Å². The number of nitrogens with zero attached hydrogens (tertiary/aromatic N) is 4. The molecule has 3 aromatic rings. The molecule has 1 saturated heterocycles. The van der Waals surface area contributed by atoms with Gasteiger partial charge in [-0.25, -0.2) is 9.67 Å². The van der Waals surface area contributed by atoms with Crippen LogP contribution in [0.2, 0.25) is 0 Å². The monoisotopic (exact) mass is 371 g/mol. The number of likely N-dealkylation sites (tertiary alicyclic amines) is 1. The summed E-state index contributed by atoms with van der Waals surface area (Å²) in [5.74, 6) is -0.0431. The summed E-state index contributed by atoms with van der Waals surface area (Å²) in [6.45, 7) is 0.743. The second-order valence-electron chi connectivity index (χ2n) is 5.78. The lowest BCUT2D eigenvalue weighted by Crippen LogP contribution is -2.34. The van der Waals surface area contributed by atoms with E-state index in [-0.39, 0.29) is 11.3 Å².